The summed E-state index contributed by atoms with van der Waals surface area (Å²) in [4.78, 5) is 0. The van der Waals surface area contributed by atoms with Gasteiger partial charge in [-0.2, -0.15) is 0 Å². The van der Waals surface area contributed by atoms with Gasteiger partial charge in [0.05, 0.1) is 6.04 Å². The number of benzene rings is 2. The summed E-state index contributed by atoms with van der Waals surface area (Å²) in [6.45, 7) is 5.07. The van der Waals surface area contributed by atoms with Crippen molar-refractivity contribution in [2.75, 3.05) is 0 Å². The summed E-state index contributed by atoms with van der Waals surface area (Å²) in [6, 6.07) is 16.1. The lowest BCUT2D eigenvalue weighted by atomic mass is 9.63. The van der Waals surface area contributed by atoms with E-state index in [-0.39, 0.29) is 5.41 Å². The number of aromatic nitrogens is 1. The van der Waals surface area contributed by atoms with Crippen LogP contribution in [0.1, 0.15) is 81.2 Å². The number of thiophene rings is 1. The molecule has 2 heterocycles. The number of hydrogen-bond acceptors (Lipinski definition) is 1. The molecule has 0 saturated heterocycles. The summed E-state index contributed by atoms with van der Waals surface area (Å²) >= 11 is 1.94. The number of rotatable bonds is 2. The van der Waals surface area contributed by atoms with Gasteiger partial charge in [-0.1, -0.05) is 117 Å². The van der Waals surface area contributed by atoms with E-state index < -0.39 is 0 Å². The van der Waals surface area contributed by atoms with Gasteiger partial charge in [0.2, 0.25) is 0 Å². The smallest absolute Gasteiger partial charge is 0.0557 e. The zero-order valence-electron chi connectivity index (χ0n) is 26.4. The van der Waals surface area contributed by atoms with Crippen LogP contribution in [0.15, 0.2) is 90.6 Å². The highest BCUT2D eigenvalue weighted by molar-refractivity contribution is 7.26. The molecular weight excluding hydrogens is 563 g/mol. The molecule has 2 aromatic carbocycles. The third-order valence-electron chi connectivity index (χ3n) is 12.5. The average Bonchev–Trinajstić information content (AvgIpc) is 3.71. The first-order valence-corrected chi connectivity index (χ1v) is 18.2. The molecule has 0 amide bonds. The van der Waals surface area contributed by atoms with Gasteiger partial charge >= 0.3 is 0 Å². The summed E-state index contributed by atoms with van der Waals surface area (Å²) < 4.78 is 5.58. The first kappa shape index (κ1) is 26.6. The maximum atomic E-state index is 2.79. The highest BCUT2D eigenvalue weighted by Crippen LogP contribution is 2.64. The third kappa shape index (κ3) is 3.67. The Morgan fingerprint density at radius 2 is 1.71 bits per heavy atom. The molecule has 6 atom stereocenters. The van der Waals surface area contributed by atoms with Crippen molar-refractivity contribution in [3.05, 3.63) is 118 Å². The van der Waals surface area contributed by atoms with Crippen LogP contribution in [0.2, 0.25) is 0 Å². The monoisotopic (exact) mass is 603 g/mol. The molecule has 6 aliphatic rings. The predicted octanol–water partition coefficient (Wildman–Crippen LogP) is 10.1. The second-order valence-corrected chi connectivity index (χ2v) is 16.0. The van der Waals surface area contributed by atoms with Crippen molar-refractivity contribution in [1.82, 2.24) is 4.57 Å². The first-order valence-electron chi connectivity index (χ1n) is 17.4. The van der Waals surface area contributed by atoms with E-state index in [1.807, 2.05) is 11.3 Å². The Hall–Kier alpha value is -3.62. The van der Waals surface area contributed by atoms with Gasteiger partial charge in [-0.15, -0.1) is 11.3 Å². The Morgan fingerprint density at radius 3 is 2.62 bits per heavy atom. The van der Waals surface area contributed by atoms with Crippen LogP contribution in [0.4, 0.5) is 0 Å². The molecule has 0 bridgehead atoms. The van der Waals surface area contributed by atoms with Crippen molar-refractivity contribution in [3.8, 4) is 0 Å². The van der Waals surface area contributed by atoms with Crippen molar-refractivity contribution in [3.63, 3.8) is 0 Å². The molecule has 1 saturated carbocycles. The maximum Gasteiger partial charge on any atom is 0.0557 e. The lowest BCUT2D eigenvalue weighted by Crippen LogP contribution is -2.36. The van der Waals surface area contributed by atoms with Crippen LogP contribution >= 0.6 is 11.3 Å². The highest BCUT2D eigenvalue weighted by Gasteiger charge is 2.56. The van der Waals surface area contributed by atoms with Crippen molar-refractivity contribution < 1.29 is 0 Å². The van der Waals surface area contributed by atoms with Crippen LogP contribution in [0.25, 0.3) is 44.0 Å². The lowest BCUT2D eigenvalue weighted by Gasteiger charge is -2.42. The van der Waals surface area contributed by atoms with Crippen LogP contribution in [0, 0.1) is 29.1 Å². The van der Waals surface area contributed by atoms with E-state index in [0.29, 0.717) is 23.8 Å². The molecule has 224 valence electrons. The van der Waals surface area contributed by atoms with Gasteiger partial charge in [0.15, 0.2) is 0 Å². The molecule has 2 heteroatoms. The largest absolute Gasteiger partial charge is 0.336 e. The van der Waals surface area contributed by atoms with E-state index >= 15 is 0 Å². The standard InChI is InChI=1S/C43H41NS/c1-43(2)36-15-6-3-12-35(36)40-31-22-23-32-29-10-4-7-16-38(29)44(41(32)33(31)24-25-37(40)43)27-20-18-26(19-21-27)28-13-9-14-34-30-11-5-8-17-39(30)45-42(28)34/h5,8-11,13-20,22-25,27,31,33,35,37,40H,3-4,6-7,12,21H2,1-2H3. The van der Waals surface area contributed by atoms with E-state index in [2.05, 4.69) is 122 Å². The first-order chi connectivity index (χ1) is 22.1. The number of allylic oxidation sites excluding steroid dienone is 9. The fourth-order valence-electron chi connectivity index (χ4n) is 10.6. The highest BCUT2D eigenvalue weighted by atomic mass is 32.1. The molecule has 2 aromatic heterocycles. The van der Waals surface area contributed by atoms with Crippen LogP contribution < -0.4 is 10.6 Å². The molecule has 0 aliphatic heterocycles. The minimum atomic E-state index is 0.276. The normalized spacial score (nSPS) is 30.4. The summed E-state index contributed by atoms with van der Waals surface area (Å²) in [5, 5.41) is 5.72. The molecule has 1 nitrogen and oxygen atoms in total. The zero-order chi connectivity index (χ0) is 29.9. The van der Waals surface area contributed by atoms with Crippen LogP contribution in [0.5, 0.6) is 0 Å². The molecule has 0 radical (unpaired) electrons. The fraction of sp³-hybridized carbons (Fsp3) is 0.349. The predicted molar refractivity (Wildman–Crippen MR) is 193 cm³/mol. The summed E-state index contributed by atoms with van der Waals surface area (Å²) in [5.41, 5.74) is 7.88. The Morgan fingerprint density at radius 1 is 0.822 bits per heavy atom. The van der Waals surface area contributed by atoms with Crippen molar-refractivity contribution in [2.24, 2.45) is 29.1 Å². The van der Waals surface area contributed by atoms with Crippen LogP contribution in [0.3, 0.4) is 0 Å². The summed E-state index contributed by atoms with van der Waals surface area (Å²) in [7, 11) is 0. The van der Waals surface area contributed by atoms with E-state index in [1.165, 1.54) is 66.7 Å². The quantitative estimate of drug-likeness (QED) is 0.201. The second-order valence-electron chi connectivity index (χ2n) is 14.9. The number of fused-ring (bicyclic) bond motifs is 12. The molecule has 6 unspecified atom stereocenters. The van der Waals surface area contributed by atoms with E-state index in [1.54, 1.807) is 11.3 Å². The molecule has 0 spiro atoms. The van der Waals surface area contributed by atoms with Gasteiger partial charge in [-0.05, 0) is 84.8 Å². The van der Waals surface area contributed by atoms with Gasteiger partial charge in [-0.25, -0.2) is 0 Å². The molecule has 4 aromatic rings. The van der Waals surface area contributed by atoms with Gasteiger partial charge in [0, 0.05) is 47.9 Å². The van der Waals surface area contributed by atoms with Gasteiger partial charge in [0.25, 0.3) is 0 Å². The second kappa shape index (κ2) is 9.69. The Balaban J connectivity index is 1.07. The van der Waals surface area contributed by atoms with Crippen LogP contribution in [-0.4, -0.2) is 4.57 Å². The number of nitrogens with zero attached hydrogens (tertiary/aromatic N) is 1. The van der Waals surface area contributed by atoms with Gasteiger partial charge < -0.3 is 4.57 Å². The van der Waals surface area contributed by atoms with Crippen molar-refractivity contribution >= 4 is 55.3 Å². The Bertz CT molecular complexity index is 2190. The van der Waals surface area contributed by atoms with E-state index in [0.717, 1.165) is 31.1 Å². The minimum absolute atomic E-state index is 0.276. The molecule has 6 aliphatic carbocycles. The number of hydrogen-bond donors (Lipinski definition) is 0. The Kier molecular flexibility index (Phi) is 5.73. The SMILES string of the molecule is CC1(C)C2=CCCCC2C2C3C=Cc4c(n(C5C=CC(c6cccc7c6sc6ccccc67)=CC5)c5c4=CCCC=5)C3C=CC21. The van der Waals surface area contributed by atoms with E-state index in [9.17, 15) is 0 Å². The summed E-state index contributed by atoms with van der Waals surface area (Å²) in [6.07, 6.45) is 33.0. The molecule has 10 rings (SSSR count). The van der Waals surface area contributed by atoms with E-state index in [4.69, 9.17) is 0 Å². The van der Waals surface area contributed by atoms with Crippen molar-refractivity contribution in [2.45, 2.75) is 64.3 Å². The topological polar surface area (TPSA) is 4.93 Å². The average molecular weight is 604 g/mol. The molecule has 0 N–H and O–H groups in total. The molecule has 1 fully saturated rings. The lowest BCUT2D eigenvalue weighted by molar-refractivity contribution is 0.193. The molecular formula is C43H41NS. The third-order valence-corrected chi connectivity index (χ3v) is 13.7. The maximum absolute atomic E-state index is 2.79. The van der Waals surface area contributed by atoms with Gasteiger partial charge in [-0.3, -0.25) is 0 Å². The fourth-order valence-corrected chi connectivity index (χ4v) is 11.8. The van der Waals surface area contributed by atoms with Crippen LogP contribution in [-0.2, 0) is 0 Å². The molecule has 45 heavy (non-hydrogen) atoms. The zero-order valence-corrected chi connectivity index (χ0v) is 27.2. The van der Waals surface area contributed by atoms with Crippen molar-refractivity contribution in [1.29, 1.82) is 0 Å². The van der Waals surface area contributed by atoms with Gasteiger partial charge in [0.1, 0.15) is 0 Å². The minimum Gasteiger partial charge on any atom is -0.336 e. The Labute approximate surface area is 270 Å². The summed E-state index contributed by atoms with van der Waals surface area (Å²) in [5.74, 6) is 3.15.